The average Bonchev–Trinajstić information content (AvgIpc) is 2.46. The molecule has 6 heteroatoms. The van der Waals surface area contributed by atoms with Crippen LogP contribution < -0.4 is 5.32 Å². The van der Waals surface area contributed by atoms with E-state index in [1.165, 1.54) is 12.8 Å². The Morgan fingerprint density at radius 3 is 2.81 bits per heavy atom. The number of nitrogens with zero attached hydrogens (tertiary/aromatic N) is 1. The van der Waals surface area contributed by atoms with E-state index in [1.54, 1.807) is 4.90 Å². The predicted octanol–water partition coefficient (Wildman–Crippen LogP) is 2.09. The van der Waals surface area contributed by atoms with Gasteiger partial charge >= 0.3 is 12.0 Å². The summed E-state index contributed by atoms with van der Waals surface area (Å²) in [5, 5.41) is 11.8. The molecule has 1 fully saturated rings. The maximum absolute atomic E-state index is 12.1. The zero-order valence-corrected chi connectivity index (χ0v) is 13.1. The zero-order chi connectivity index (χ0) is 15.7. The second-order valence-electron chi connectivity index (χ2n) is 5.64. The number of carbonyl (C=O) groups is 2. The highest BCUT2D eigenvalue weighted by molar-refractivity contribution is 5.74. The number of morpholine rings is 1. The van der Waals surface area contributed by atoms with E-state index < -0.39 is 12.1 Å². The highest BCUT2D eigenvalue weighted by Gasteiger charge is 2.26. The average molecular weight is 300 g/mol. The van der Waals surface area contributed by atoms with Crippen molar-refractivity contribution in [3.63, 3.8) is 0 Å². The van der Waals surface area contributed by atoms with Crippen molar-refractivity contribution in [1.29, 1.82) is 0 Å². The molecule has 1 heterocycles. The topological polar surface area (TPSA) is 78.9 Å². The van der Waals surface area contributed by atoms with Crippen LogP contribution in [0.15, 0.2) is 0 Å². The smallest absolute Gasteiger partial charge is 0.317 e. The van der Waals surface area contributed by atoms with Gasteiger partial charge in [0, 0.05) is 19.6 Å². The van der Waals surface area contributed by atoms with E-state index in [0.29, 0.717) is 32.2 Å². The first-order valence-corrected chi connectivity index (χ1v) is 7.92. The van der Waals surface area contributed by atoms with E-state index in [9.17, 15) is 9.59 Å². The third-order valence-corrected chi connectivity index (χ3v) is 3.91. The van der Waals surface area contributed by atoms with Crippen LogP contribution in [0.25, 0.3) is 0 Å². The molecule has 2 amide bonds. The molecule has 0 aliphatic carbocycles. The molecule has 1 rings (SSSR count). The Morgan fingerprint density at radius 2 is 2.19 bits per heavy atom. The molecule has 0 radical (unpaired) electrons. The zero-order valence-electron chi connectivity index (χ0n) is 13.1. The molecule has 0 aromatic carbocycles. The number of amides is 2. The molecule has 21 heavy (non-hydrogen) atoms. The maximum Gasteiger partial charge on any atom is 0.317 e. The molecule has 122 valence electrons. The Balaban J connectivity index is 2.34. The molecule has 2 unspecified atom stereocenters. The molecule has 0 saturated carbocycles. The molecule has 0 bridgehead atoms. The van der Waals surface area contributed by atoms with E-state index in [0.717, 1.165) is 12.8 Å². The Hall–Kier alpha value is -1.30. The van der Waals surface area contributed by atoms with Crippen molar-refractivity contribution in [3.8, 4) is 0 Å². The number of aliphatic carboxylic acids is 1. The van der Waals surface area contributed by atoms with Gasteiger partial charge in [0.05, 0.1) is 19.1 Å². The Kier molecular flexibility index (Phi) is 8.12. The van der Waals surface area contributed by atoms with Crippen molar-refractivity contribution in [3.05, 3.63) is 0 Å². The summed E-state index contributed by atoms with van der Waals surface area (Å²) < 4.78 is 5.37. The largest absolute Gasteiger partial charge is 0.481 e. The molecule has 0 aromatic rings. The van der Waals surface area contributed by atoms with Crippen molar-refractivity contribution < 1.29 is 19.4 Å². The second-order valence-corrected chi connectivity index (χ2v) is 5.64. The van der Waals surface area contributed by atoms with Crippen LogP contribution >= 0.6 is 0 Å². The number of carboxylic acids is 1. The molecule has 2 atom stereocenters. The minimum atomic E-state index is -0.895. The van der Waals surface area contributed by atoms with Gasteiger partial charge < -0.3 is 20.1 Å². The molecule has 1 aliphatic rings. The first-order valence-electron chi connectivity index (χ1n) is 7.92. The van der Waals surface area contributed by atoms with Gasteiger partial charge in [-0.05, 0) is 12.3 Å². The molecular weight excluding hydrogens is 272 g/mol. The first-order chi connectivity index (χ1) is 10.1. The number of ether oxygens (including phenoxy) is 1. The van der Waals surface area contributed by atoms with Gasteiger partial charge in [0.25, 0.3) is 0 Å². The summed E-state index contributed by atoms with van der Waals surface area (Å²) in [4.78, 5) is 24.5. The van der Waals surface area contributed by atoms with E-state index in [4.69, 9.17) is 9.84 Å². The van der Waals surface area contributed by atoms with Gasteiger partial charge in [-0.25, -0.2) is 4.79 Å². The molecule has 0 spiro atoms. The van der Waals surface area contributed by atoms with Gasteiger partial charge in [-0.15, -0.1) is 0 Å². The number of hydrogen-bond acceptors (Lipinski definition) is 3. The van der Waals surface area contributed by atoms with E-state index >= 15 is 0 Å². The van der Waals surface area contributed by atoms with Gasteiger partial charge in [0.1, 0.15) is 0 Å². The van der Waals surface area contributed by atoms with Crippen molar-refractivity contribution in [2.24, 2.45) is 5.92 Å². The third-order valence-electron chi connectivity index (χ3n) is 3.91. The molecule has 2 N–H and O–H groups in total. The predicted molar refractivity (Wildman–Crippen MR) is 80.3 cm³/mol. The number of nitrogens with one attached hydrogen (secondary N) is 1. The summed E-state index contributed by atoms with van der Waals surface area (Å²) in [5.74, 6) is -0.377. The fraction of sp³-hybridized carbons (Fsp3) is 0.867. The molecular formula is C15H28N2O4. The number of urea groups is 1. The number of unbranched alkanes of at least 4 members (excludes halogenated alkanes) is 1. The summed E-state index contributed by atoms with van der Waals surface area (Å²) in [7, 11) is 0. The number of hydrogen-bond donors (Lipinski definition) is 2. The van der Waals surface area contributed by atoms with Crippen LogP contribution in [0.1, 0.15) is 46.0 Å². The van der Waals surface area contributed by atoms with Crippen LogP contribution in [-0.2, 0) is 9.53 Å². The first kappa shape index (κ1) is 17.8. The number of rotatable bonds is 8. The van der Waals surface area contributed by atoms with E-state index in [-0.39, 0.29) is 12.5 Å². The van der Waals surface area contributed by atoms with Crippen molar-refractivity contribution in [1.82, 2.24) is 10.2 Å². The van der Waals surface area contributed by atoms with Crippen molar-refractivity contribution in [2.45, 2.75) is 52.1 Å². The highest BCUT2D eigenvalue weighted by Crippen LogP contribution is 2.12. The summed E-state index contributed by atoms with van der Waals surface area (Å²) in [6.45, 7) is 6.28. The Labute approximate surface area is 126 Å². The van der Waals surface area contributed by atoms with E-state index in [2.05, 4.69) is 19.2 Å². The lowest BCUT2D eigenvalue weighted by Gasteiger charge is -2.32. The minimum absolute atomic E-state index is 0.0577. The lowest BCUT2D eigenvalue weighted by Crippen LogP contribution is -2.50. The van der Waals surface area contributed by atoms with Gasteiger partial charge in [0.2, 0.25) is 0 Å². The summed E-state index contributed by atoms with van der Waals surface area (Å²) >= 11 is 0. The summed E-state index contributed by atoms with van der Waals surface area (Å²) in [6, 6.07) is -0.108. The summed E-state index contributed by atoms with van der Waals surface area (Å²) in [6.07, 6.45) is 4.10. The lowest BCUT2D eigenvalue weighted by atomic mass is 9.99. The summed E-state index contributed by atoms with van der Waals surface area (Å²) in [5.41, 5.74) is 0. The van der Waals surface area contributed by atoms with Crippen LogP contribution in [0.5, 0.6) is 0 Å². The normalized spacial score (nSPS) is 20.1. The van der Waals surface area contributed by atoms with Crippen LogP contribution in [0.2, 0.25) is 0 Å². The molecule has 0 aromatic heterocycles. The lowest BCUT2D eigenvalue weighted by molar-refractivity contribution is -0.141. The van der Waals surface area contributed by atoms with Gasteiger partial charge in [-0.1, -0.05) is 33.1 Å². The van der Waals surface area contributed by atoms with Crippen LogP contribution in [0, 0.1) is 5.92 Å². The highest BCUT2D eigenvalue weighted by atomic mass is 16.5. The minimum Gasteiger partial charge on any atom is -0.481 e. The van der Waals surface area contributed by atoms with Crippen LogP contribution in [0.4, 0.5) is 4.79 Å². The van der Waals surface area contributed by atoms with Gasteiger partial charge in [-0.2, -0.15) is 0 Å². The standard InChI is InChI=1S/C15H28N2O4/c1-3-5-6-12(4-2)10-16-15(20)17-7-8-21-13(11-17)9-14(18)19/h12-13H,3-11H2,1-2H3,(H,16,20)(H,18,19). The van der Waals surface area contributed by atoms with Crippen molar-refractivity contribution >= 4 is 12.0 Å². The second kappa shape index (κ2) is 9.60. The quantitative estimate of drug-likeness (QED) is 0.719. The molecule has 1 saturated heterocycles. The fourth-order valence-electron chi connectivity index (χ4n) is 2.51. The van der Waals surface area contributed by atoms with Crippen LogP contribution in [0.3, 0.4) is 0 Å². The Morgan fingerprint density at radius 1 is 1.43 bits per heavy atom. The maximum atomic E-state index is 12.1. The molecule has 1 aliphatic heterocycles. The monoisotopic (exact) mass is 300 g/mol. The van der Waals surface area contributed by atoms with Gasteiger partial charge in [0.15, 0.2) is 0 Å². The van der Waals surface area contributed by atoms with Crippen molar-refractivity contribution in [2.75, 3.05) is 26.2 Å². The number of carboxylic acid groups (broad SMARTS) is 1. The third kappa shape index (κ3) is 6.80. The fourth-order valence-corrected chi connectivity index (χ4v) is 2.51. The molecule has 6 nitrogen and oxygen atoms in total. The van der Waals surface area contributed by atoms with Crippen LogP contribution in [-0.4, -0.2) is 54.4 Å². The van der Waals surface area contributed by atoms with Gasteiger partial charge in [-0.3, -0.25) is 4.79 Å². The van der Waals surface area contributed by atoms with E-state index in [1.807, 2.05) is 0 Å². The number of carbonyl (C=O) groups excluding carboxylic acids is 1. The SMILES string of the molecule is CCCCC(CC)CNC(=O)N1CCOC(CC(=O)O)C1. The Bertz CT molecular complexity index is 336.